The maximum atomic E-state index is 3.52. The molecule has 17 heavy (non-hydrogen) atoms. The van der Waals surface area contributed by atoms with E-state index >= 15 is 0 Å². The molecule has 2 rings (SSSR count). The smallest absolute Gasteiger partial charge is 0.0302 e. The first-order valence-corrected chi connectivity index (χ1v) is 7.08. The molecule has 2 heteroatoms. The second-order valence-electron chi connectivity index (χ2n) is 4.13. The van der Waals surface area contributed by atoms with E-state index in [9.17, 15) is 0 Å². The fourth-order valence-corrected chi connectivity index (χ4v) is 2.86. The molecule has 0 bridgehead atoms. The number of rotatable bonds is 6. The van der Waals surface area contributed by atoms with E-state index in [0.717, 1.165) is 25.9 Å². The van der Waals surface area contributed by atoms with E-state index in [-0.39, 0.29) is 0 Å². The van der Waals surface area contributed by atoms with Crippen molar-refractivity contribution in [3.63, 3.8) is 0 Å². The zero-order valence-electron chi connectivity index (χ0n) is 10.3. The molecule has 90 valence electrons. The first kappa shape index (κ1) is 12.3. The van der Waals surface area contributed by atoms with Gasteiger partial charge in [-0.15, -0.1) is 11.3 Å². The molecular formula is C15H19NS. The Kier molecular flexibility index (Phi) is 4.77. The highest BCUT2D eigenvalue weighted by molar-refractivity contribution is 7.10. The Morgan fingerprint density at radius 3 is 2.71 bits per heavy atom. The summed E-state index contributed by atoms with van der Waals surface area (Å²) in [7, 11) is 0. The van der Waals surface area contributed by atoms with Crippen molar-refractivity contribution in [1.29, 1.82) is 0 Å². The van der Waals surface area contributed by atoms with Crippen LogP contribution in [-0.2, 0) is 19.4 Å². The lowest BCUT2D eigenvalue weighted by molar-refractivity contribution is 0.690. The third-order valence-corrected chi connectivity index (χ3v) is 3.90. The summed E-state index contributed by atoms with van der Waals surface area (Å²) < 4.78 is 0. The van der Waals surface area contributed by atoms with Gasteiger partial charge in [0, 0.05) is 11.4 Å². The summed E-state index contributed by atoms with van der Waals surface area (Å²) in [6, 6.07) is 12.9. The molecule has 0 aliphatic heterocycles. The van der Waals surface area contributed by atoms with Gasteiger partial charge in [0.15, 0.2) is 0 Å². The van der Waals surface area contributed by atoms with Crippen LogP contribution in [0.5, 0.6) is 0 Å². The highest BCUT2D eigenvalue weighted by Gasteiger charge is 2.01. The van der Waals surface area contributed by atoms with Crippen LogP contribution in [0.25, 0.3) is 0 Å². The maximum absolute atomic E-state index is 3.52. The number of thiophene rings is 1. The SMILES string of the molecule is CCc1ccsc1CNCCc1ccccc1. The predicted octanol–water partition coefficient (Wildman–Crippen LogP) is 3.64. The van der Waals surface area contributed by atoms with Crippen molar-refractivity contribution in [2.75, 3.05) is 6.54 Å². The van der Waals surface area contributed by atoms with Gasteiger partial charge >= 0.3 is 0 Å². The minimum Gasteiger partial charge on any atom is -0.312 e. The summed E-state index contributed by atoms with van der Waals surface area (Å²) >= 11 is 1.86. The Balaban J connectivity index is 1.73. The van der Waals surface area contributed by atoms with Gasteiger partial charge in [-0.25, -0.2) is 0 Å². The van der Waals surface area contributed by atoms with Crippen LogP contribution >= 0.6 is 11.3 Å². The van der Waals surface area contributed by atoms with Crippen LogP contribution < -0.4 is 5.32 Å². The molecule has 0 aliphatic rings. The first-order chi connectivity index (χ1) is 8.40. The first-order valence-electron chi connectivity index (χ1n) is 6.20. The van der Waals surface area contributed by atoms with Gasteiger partial charge in [-0.1, -0.05) is 37.3 Å². The largest absolute Gasteiger partial charge is 0.312 e. The predicted molar refractivity (Wildman–Crippen MR) is 75.5 cm³/mol. The normalized spacial score (nSPS) is 10.6. The summed E-state index contributed by atoms with van der Waals surface area (Å²) in [5.74, 6) is 0. The minimum atomic E-state index is 1.01. The van der Waals surface area contributed by atoms with Gasteiger partial charge in [0.25, 0.3) is 0 Å². The van der Waals surface area contributed by atoms with Gasteiger partial charge in [0.2, 0.25) is 0 Å². The van der Waals surface area contributed by atoms with Crippen LogP contribution in [0.1, 0.15) is 22.9 Å². The van der Waals surface area contributed by atoms with Crippen molar-refractivity contribution in [1.82, 2.24) is 5.32 Å². The van der Waals surface area contributed by atoms with Crippen LogP contribution in [0.3, 0.4) is 0 Å². The molecule has 0 aliphatic carbocycles. The Labute approximate surface area is 108 Å². The van der Waals surface area contributed by atoms with E-state index in [1.807, 2.05) is 11.3 Å². The molecule has 2 aromatic rings. The molecular weight excluding hydrogens is 226 g/mol. The minimum absolute atomic E-state index is 1.01. The lowest BCUT2D eigenvalue weighted by Gasteiger charge is -2.05. The Morgan fingerprint density at radius 1 is 1.12 bits per heavy atom. The van der Waals surface area contributed by atoms with E-state index < -0.39 is 0 Å². The fourth-order valence-electron chi connectivity index (χ4n) is 1.92. The van der Waals surface area contributed by atoms with E-state index in [0.29, 0.717) is 0 Å². The lowest BCUT2D eigenvalue weighted by Crippen LogP contribution is -2.16. The Hall–Kier alpha value is -1.12. The zero-order valence-corrected chi connectivity index (χ0v) is 11.1. The van der Waals surface area contributed by atoms with E-state index in [1.54, 1.807) is 0 Å². The van der Waals surface area contributed by atoms with Crippen molar-refractivity contribution in [2.24, 2.45) is 0 Å². The second kappa shape index (κ2) is 6.58. The molecule has 1 N–H and O–H groups in total. The highest BCUT2D eigenvalue weighted by Crippen LogP contribution is 2.16. The third-order valence-electron chi connectivity index (χ3n) is 2.94. The third kappa shape index (κ3) is 3.69. The number of hydrogen-bond donors (Lipinski definition) is 1. The number of benzene rings is 1. The molecule has 0 unspecified atom stereocenters. The second-order valence-corrected chi connectivity index (χ2v) is 5.14. The van der Waals surface area contributed by atoms with Crippen molar-refractivity contribution in [3.8, 4) is 0 Å². The standard InChI is InChI=1S/C15H19NS/c1-2-14-9-11-17-15(14)12-16-10-8-13-6-4-3-5-7-13/h3-7,9,11,16H,2,8,10,12H2,1H3. The van der Waals surface area contributed by atoms with Crippen molar-refractivity contribution in [2.45, 2.75) is 26.3 Å². The molecule has 0 fully saturated rings. The molecule has 1 aromatic heterocycles. The van der Waals surface area contributed by atoms with Gasteiger partial charge in [0.1, 0.15) is 0 Å². The van der Waals surface area contributed by atoms with Gasteiger partial charge in [-0.3, -0.25) is 0 Å². The molecule has 1 aromatic carbocycles. The maximum Gasteiger partial charge on any atom is 0.0302 e. The van der Waals surface area contributed by atoms with Crippen molar-refractivity contribution >= 4 is 11.3 Å². The van der Waals surface area contributed by atoms with E-state index in [4.69, 9.17) is 0 Å². The fraction of sp³-hybridized carbons (Fsp3) is 0.333. The summed E-state index contributed by atoms with van der Waals surface area (Å²) in [6.45, 7) is 4.27. The van der Waals surface area contributed by atoms with Gasteiger partial charge in [0.05, 0.1) is 0 Å². The molecule has 1 nitrogen and oxygen atoms in total. The summed E-state index contributed by atoms with van der Waals surface area (Å²) in [4.78, 5) is 1.49. The van der Waals surface area contributed by atoms with Crippen LogP contribution in [0.15, 0.2) is 41.8 Å². The molecule has 0 saturated carbocycles. The van der Waals surface area contributed by atoms with Crippen molar-refractivity contribution in [3.05, 3.63) is 57.8 Å². The average molecular weight is 245 g/mol. The number of hydrogen-bond acceptors (Lipinski definition) is 2. The molecule has 0 radical (unpaired) electrons. The molecule has 0 amide bonds. The highest BCUT2D eigenvalue weighted by atomic mass is 32.1. The van der Waals surface area contributed by atoms with E-state index in [2.05, 4.69) is 54.0 Å². The molecule has 0 spiro atoms. The molecule has 1 heterocycles. The lowest BCUT2D eigenvalue weighted by atomic mass is 10.1. The summed E-state index contributed by atoms with van der Waals surface area (Å²) in [5, 5.41) is 5.71. The topological polar surface area (TPSA) is 12.0 Å². The van der Waals surface area contributed by atoms with Crippen LogP contribution in [0.2, 0.25) is 0 Å². The van der Waals surface area contributed by atoms with Crippen molar-refractivity contribution < 1.29 is 0 Å². The Bertz CT molecular complexity index is 433. The Morgan fingerprint density at radius 2 is 1.94 bits per heavy atom. The summed E-state index contributed by atoms with van der Waals surface area (Å²) in [5.41, 5.74) is 2.89. The van der Waals surface area contributed by atoms with E-state index in [1.165, 1.54) is 16.0 Å². The van der Waals surface area contributed by atoms with Gasteiger partial charge in [-0.2, -0.15) is 0 Å². The monoisotopic (exact) mass is 245 g/mol. The van der Waals surface area contributed by atoms with Crippen LogP contribution in [-0.4, -0.2) is 6.54 Å². The van der Waals surface area contributed by atoms with Gasteiger partial charge in [-0.05, 0) is 42.0 Å². The van der Waals surface area contributed by atoms with Gasteiger partial charge < -0.3 is 5.32 Å². The molecule has 0 atom stereocenters. The number of nitrogens with one attached hydrogen (secondary N) is 1. The summed E-state index contributed by atoms with van der Waals surface area (Å²) in [6.07, 6.45) is 2.24. The zero-order chi connectivity index (χ0) is 11.9. The molecule has 0 saturated heterocycles. The van der Waals surface area contributed by atoms with Crippen LogP contribution in [0, 0.1) is 0 Å². The quantitative estimate of drug-likeness (QED) is 0.766. The van der Waals surface area contributed by atoms with Crippen LogP contribution in [0.4, 0.5) is 0 Å². The average Bonchev–Trinajstić information content (AvgIpc) is 2.83. The number of aryl methyl sites for hydroxylation is 1.